The van der Waals surface area contributed by atoms with Crippen LogP contribution >= 0.6 is 0 Å². The van der Waals surface area contributed by atoms with Crippen LogP contribution in [0.25, 0.3) is 11.1 Å². The molecule has 1 aliphatic heterocycles. The summed E-state index contributed by atoms with van der Waals surface area (Å²) in [7, 11) is -3.97. The van der Waals surface area contributed by atoms with Gasteiger partial charge in [0.05, 0.1) is 4.92 Å². The quantitative estimate of drug-likeness (QED) is 0.465. The number of hydrogen-bond donors (Lipinski definition) is 1. The zero-order chi connectivity index (χ0) is 21.8. The molecule has 0 unspecified atom stereocenters. The Labute approximate surface area is 180 Å². The predicted molar refractivity (Wildman–Crippen MR) is 117 cm³/mol. The monoisotopic (exact) mass is 439 g/mol. The van der Waals surface area contributed by atoms with Crippen molar-refractivity contribution in [1.29, 1.82) is 0 Å². The molecular weight excluding hydrogens is 418 g/mol. The molecule has 1 heterocycles. The second-order valence-corrected chi connectivity index (χ2v) is 8.94. The molecule has 0 spiro atoms. The van der Waals surface area contributed by atoms with Gasteiger partial charge in [-0.3, -0.25) is 10.1 Å². The summed E-state index contributed by atoms with van der Waals surface area (Å²) in [5.74, 6) is 0.487. The van der Waals surface area contributed by atoms with Crippen molar-refractivity contribution in [2.45, 2.75) is 4.90 Å². The van der Waals surface area contributed by atoms with Crippen molar-refractivity contribution >= 4 is 15.7 Å². The topological polar surface area (TPSA) is 102 Å². The first kappa shape index (κ1) is 21.0. The van der Waals surface area contributed by atoms with Gasteiger partial charge < -0.3 is 10.1 Å². The van der Waals surface area contributed by atoms with Crippen LogP contribution in [0.5, 0.6) is 11.5 Å². The fraction of sp³-hybridized carbons (Fsp3) is 0.182. The zero-order valence-corrected chi connectivity index (χ0v) is 17.4. The van der Waals surface area contributed by atoms with E-state index in [2.05, 4.69) is 5.32 Å². The average molecular weight is 439 g/mol. The number of nitrogens with one attached hydrogen (secondary N) is 1. The van der Waals surface area contributed by atoms with Crippen LogP contribution in [0.1, 0.15) is 0 Å². The summed E-state index contributed by atoms with van der Waals surface area (Å²) >= 11 is 0. The lowest BCUT2D eigenvalue weighted by Gasteiger charge is -2.27. The van der Waals surface area contributed by atoms with E-state index in [-0.39, 0.29) is 29.4 Å². The molecule has 3 aromatic rings. The summed E-state index contributed by atoms with van der Waals surface area (Å²) in [6.45, 7) is 1.61. The van der Waals surface area contributed by atoms with Crippen LogP contribution < -0.4 is 10.1 Å². The van der Waals surface area contributed by atoms with Crippen molar-refractivity contribution in [3.8, 4) is 22.6 Å². The van der Waals surface area contributed by atoms with Gasteiger partial charge in [-0.15, -0.1) is 0 Å². The number of non-ortho nitro benzene ring substituents is 1. The zero-order valence-electron chi connectivity index (χ0n) is 16.6. The van der Waals surface area contributed by atoms with Gasteiger partial charge in [0, 0.05) is 38.3 Å². The van der Waals surface area contributed by atoms with Gasteiger partial charge in [-0.05, 0) is 29.3 Å². The van der Waals surface area contributed by atoms with E-state index in [1.165, 1.54) is 16.4 Å². The van der Waals surface area contributed by atoms with Crippen molar-refractivity contribution in [3.63, 3.8) is 0 Å². The number of hydrogen-bond acceptors (Lipinski definition) is 6. The second kappa shape index (κ2) is 8.84. The Morgan fingerprint density at radius 1 is 0.903 bits per heavy atom. The standard InChI is InChI=1S/C22H21N3O5S/c26-25(27)19-9-10-21(22(16-19)31(28,29)24-13-11-23-12-14-24)30-20-8-4-7-18(15-20)17-5-2-1-3-6-17/h1-10,15-16,23H,11-14H2. The first-order valence-corrected chi connectivity index (χ1v) is 11.2. The minimum absolute atomic E-state index is 0.0503. The molecule has 160 valence electrons. The molecule has 8 nitrogen and oxygen atoms in total. The fourth-order valence-electron chi connectivity index (χ4n) is 3.42. The molecule has 0 saturated carbocycles. The van der Waals surface area contributed by atoms with Crippen LogP contribution in [0.2, 0.25) is 0 Å². The van der Waals surface area contributed by atoms with Gasteiger partial charge >= 0.3 is 0 Å². The Bertz CT molecular complexity index is 1190. The van der Waals surface area contributed by atoms with Gasteiger partial charge in [-0.2, -0.15) is 4.31 Å². The molecule has 0 radical (unpaired) electrons. The smallest absolute Gasteiger partial charge is 0.271 e. The molecule has 0 bridgehead atoms. The van der Waals surface area contributed by atoms with Gasteiger partial charge in [-0.25, -0.2) is 8.42 Å². The van der Waals surface area contributed by atoms with Gasteiger partial charge in [0.1, 0.15) is 16.4 Å². The molecule has 9 heteroatoms. The predicted octanol–water partition coefficient (Wildman–Crippen LogP) is 3.65. The Hall–Kier alpha value is -3.27. The van der Waals surface area contributed by atoms with Crippen LogP contribution in [0.15, 0.2) is 77.7 Å². The lowest BCUT2D eigenvalue weighted by Crippen LogP contribution is -2.46. The summed E-state index contributed by atoms with van der Waals surface area (Å²) in [4.78, 5) is 10.4. The molecule has 1 fully saturated rings. The molecule has 0 aromatic heterocycles. The Morgan fingerprint density at radius 3 is 2.32 bits per heavy atom. The fourth-order valence-corrected chi connectivity index (χ4v) is 4.99. The molecular formula is C22H21N3O5S. The highest BCUT2D eigenvalue weighted by Gasteiger charge is 2.31. The third-order valence-electron chi connectivity index (χ3n) is 5.00. The Balaban J connectivity index is 1.73. The molecule has 4 rings (SSSR count). The van der Waals surface area contributed by atoms with E-state index >= 15 is 0 Å². The van der Waals surface area contributed by atoms with E-state index in [9.17, 15) is 18.5 Å². The number of nitro benzene ring substituents is 1. The highest BCUT2D eigenvalue weighted by molar-refractivity contribution is 7.89. The van der Waals surface area contributed by atoms with E-state index in [0.717, 1.165) is 17.2 Å². The summed E-state index contributed by atoms with van der Waals surface area (Å²) in [6, 6.07) is 20.6. The number of benzene rings is 3. The van der Waals surface area contributed by atoms with Crippen molar-refractivity contribution in [2.75, 3.05) is 26.2 Å². The van der Waals surface area contributed by atoms with E-state index < -0.39 is 14.9 Å². The van der Waals surface area contributed by atoms with E-state index in [1.807, 2.05) is 42.5 Å². The van der Waals surface area contributed by atoms with E-state index in [4.69, 9.17) is 4.74 Å². The largest absolute Gasteiger partial charge is 0.456 e. The van der Waals surface area contributed by atoms with Crippen LogP contribution in [-0.4, -0.2) is 43.8 Å². The lowest BCUT2D eigenvalue weighted by atomic mass is 10.1. The first-order valence-electron chi connectivity index (χ1n) is 9.78. The van der Waals surface area contributed by atoms with Crippen LogP contribution in [0.4, 0.5) is 5.69 Å². The SMILES string of the molecule is O=[N+]([O-])c1ccc(Oc2cccc(-c3ccccc3)c2)c(S(=O)(=O)N2CCNCC2)c1. The van der Waals surface area contributed by atoms with Crippen molar-refractivity contribution in [3.05, 3.63) is 82.9 Å². The molecule has 1 saturated heterocycles. The highest BCUT2D eigenvalue weighted by Crippen LogP contribution is 2.35. The maximum atomic E-state index is 13.3. The second-order valence-electron chi connectivity index (χ2n) is 7.04. The van der Waals surface area contributed by atoms with E-state index in [1.54, 1.807) is 12.1 Å². The summed E-state index contributed by atoms with van der Waals surface area (Å²) in [5.41, 5.74) is 1.59. The molecule has 1 N–H and O–H groups in total. The third kappa shape index (κ3) is 4.58. The number of nitrogens with zero attached hydrogens (tertiary/aromatic N) is 2. The van der Waals surface area contributed by atoms with Crippen LogP contribution in [0.3, 0.4) is 0 Å². The summed E-state index contributed by atoms with van der Waals surface area (Å²) in [5, 5.41) is 14.4. The van der Waals surface area contributed by atoms with Gasteiger partial charge in [0.2, 0.25) is 10.0 Å². The van der Waals surface area contributed by atoms with Crippen molar-refractivity contribution in [1.82, 2.24) is 9.62 Å². The van der Waals surface area contributed by atoms with Gasteiger partial charge in [0.15, 0.2) is 0 Å². The number of piperazine rings is 1. The number of ether oxygens (including phenoxy) is 1. The molecule has 0 amide bonds. The minimum Gasteiger partial charge on any atom is -0.456 e. The van der Waals surface area contributed by atoms with Crippen LogP contribution in [0, 0.1) is 10.1 Å². The first-order chi connectivity index (χ1) is 14.9. The number of nitro groups is 1. The minimum atomic E-state index is -3.97. The third-order valence-corrected chi connectivity index (χ3v) is 6.92. The molecule has 0 aliphatic carbocycles. The number of sulfonamides is 1. The van der Waals surface area contributed by atoms with E-state index in [0.29, 0.717) is 18.8 Å². The summed E-state index contributed by atoms with van der Waals surface area (Å²) in [6.07, 6.45) is 0. The normalized spacial score (nSPS) is 14.8. The van der Waals surface area contributed by atoms with Gasteiger partial charge in [-0.1, -0.05) is 42.5 Å². The maximum Gasteiger partial charge on any atom is 0.271 e. The van der Waals surface area contributed by atoms with Crippen LogP contribution in [-0.2, 0) is 10.0 Å². The molecule has 1 aliphatic rings. The summed E-state index contributed by atoms with van der Waals surface area (Å²) < 4.78 is 33.8. The molecule has 3 aromatic carbocycles. The highest BCUT2D eigenvalue weighted by atomic mass is 32.2. The maximum absolute atomic E-state index is 13.3. The molecule has 0 atom stereocenters. The number of rotatable bonds is 6. The Morgan fingerprint density at radius 2 is 1.61 bits per heavy atom. The van der Waals surface area contributed by atoms with Gasteiger partial charge in [0.25, 0.3) is 5.69 Å². The van der Waals surface area contributed by atoms with Crippen molar-refractivity contribution in [2.24, 2.45) is 0 Å². The molecule has 31 heavy (non-hydrogen) atoms. The Kier molecular flexibility index (Phi) is 5.99. The van der Waals surface area contributed by atoms with Crippen molar-refractivity contribution < 1.29 is 18.1 Å². The average Bonchev–Trinajstić information content (AvgIpc) is 2.80. The lowest BCUT2D eigenvalue weighted by molar-refractivity contribution is -0.385.